The second-order valence-electron chi connectivity index (χ2n) is 7.52. The van der Waals surface area contributed by atoms with Crippen molar-refractivity contribution in [3.8, 4) is 0 Å². The van der Waals surface area contributed by atoms with Gasteiger partial charge in [-0.3, -0.25) is 4.79 Å². The summed E-state index contributed by atoms with van der Waals surface area (Å²) in [6.45, 7) is 3.47. The summed E-state index contributed by atoms with van der Waals surface area (Å²) in [4.78, 5) is 21.8. The van der Waals surface area contributed by atoms with Gasteiger partial charge in [-0.1, -0.05) is 24.3 Å². The third-order valence-corrected chi connectivity index (χ3v) is 7.56. The maximum atomic E-state index is 13.1. The van der Waals surface area contributed by atoms with E-state index in [4.69, 9.17) is 0 Å². The lowest BCUT2D eigenvalue weighted by Gasteiger charge is -2.39. The van der Waals surface area contributed by atoms with Crippen LogP contribution in [0.1, 0.15) is 12.8 Å². The molecule has 0 saturated carbocycles. The monoisotopic (exact) mass is 414 g/mol. The van der Waals surface area contributed by atoms with Crippen LogP contribution in [-0.4, -0.2) is 67.8 Å². The molecule has 2 aliphatic rings. The minimum atomic E-state index is -3.56. The smallest absolute Gasteiger partial charge is 0.243 e. The van der Waals surface area contributed by atoms with Gasteiger partial charge in [0.25, 0.3) is 0 Å². The van der Waals surface area contributed by atoms with Gasteiger partial charge in [-0.2, -0.15) is 4.31 Å². The molecule has 3 heterocycles. The Balaban J connectivity index is 1.38. The first-order valence-electron chi connectivity index (χ1n) is 10.1. The van der Waals surface area contributed by atoms with E-state index in [0.29, 0.717) is 26.1 Å². The molecule has 7 nitrogen and oxygen atoms in total. The summed E-state index contributed by atoms with van der Waals surface area (Å²) in [7, 11) is -3.56. The molecule has 4 rings (SSSR count). The summed E-state index contributed by atoms with van der Waals surface area (Å²) in [6.07, 6.45) is 3.22. The molecule has 154 valence electrons. The van der Waals surface area contributed by atoms with Crippen LogP contribution in [0.5, 0.6) is 0 Å². The van der Waals surface area contributed by atoms with Crippen molar-refractivity contribution < 1.29 is 13.2 Å². The molecule has 2 fully saturated rings. The maximum absolute atomic E-state index is 13.1. The van der Waals surface area contributed by atoms with Crippen molar-refractivity contribution in [1.82, 2.24) is 14.2 Å². The summed E-state index contributed by atoms with van der Waals surface area (Å²) in [6, 6.07) is 14.3. The minimum Gasteiger partial charge on any atom is -0.353 e. The molecule has 8 heteroatoms. The molecule has 0 N–H and O–H groups in total. The number of carbonyl (C=O) groups is 1. The SMILES string of the molecule is O=C([C@@H]1CCCN(S(=O)(=O)c2ccccc2)C1)N1CCN(c2ccccn2)CC1. The number of piperazine rings is 1. The number of piperidine rings is 1. The Labute approximate surface area is 172 Å². The Morgan fingerprint density at radius 2 is 1.66 bits per heavy atom. The fraction of sp³-hybridized carbons (Fsp3) is 0.429. The van der Waals surface area contributed by atoms with Crippen LogP contribution in [0.3, 0.4) is 0 Å². The van der Waals surface area contributed by atoms with Gasteiger partial charge < -0.3 is 9.80 Å². The highest BCUT2D eigenvalue weighted by Gasteiger charge is 2.35. The number of amides is 1. The minimum absolute atomic E-state index is 0.0682. The molecular formula is C21H26N4O3S. The Kier molecular flexibility index (Phi) is 5.82. The van der Waals surface area contributed by atoms with Gasteiger partial charge in [0, 0.05) is 45.5 Å². The zero-order chi connectivity index (χ0) is 20.3. The van der Waals surface area contributed by atoms with E-state index >= 15 is 0 Å². The molecule has 1 amide bonds. The lowest BCUT2D eigenvalue weighted by molar-refractivity contribution is -0.137. The fourth-order valence-electron chi connectivity index (χ4n) is 4.06. The average molecular weight is 415 g/mol. The van der Waals surface area contributed by atoms with Crippen LogP contribution in [0.15, 0.2) is 59.6 Å². The van der Waals surface area contributed by atoms with Gasteiger partial charge in [-0.25, -0.2) is 13.4 Å². The zero-order valence-electron chi connectivity index (χ0n) is 16.4. The number of hydrogen-bond acceptors (Lipinski definition) is 5. The number of hydrogen-bond donors (Lipinski definition) is 0. The molecule has 0 bridgehead atoms. The van der Waals surface area contributed by atoms with Crippen molar-refractivity contribution in [3.05, 3.63) is 54.7 Å². The lowest BCUT2D eigenvalue weighted by atomic mass is 9.98. The summed E-state index contributed by atoms with van der Waals surface area (Å²) in [5, 5.41) is 0. The molecule has 2 aliphatic heterocycles. The number of pyridine rings is 1. The van der Waals surface area contributed by atoms with Gasteiger partial charge in [0.15, 0.2) is 0 Å². The predicted octanol–water partition coefficient (Wildman–Crippen LogP) is 1.83. The second-order valence-corrected chi connectivity index (χ2v) is 9.45. The molecular weight excluding hydrogens is 388 g/mol. The van der Waals surface area contributed by atoms with Crippen LogP contribution in [0.4, 0.5) is 5.82 Å². The topological polar surface area (TPSA) is 73.8 Å². The summed E-state index contributed by atoms with van der Waals surface area (Å²) in [5.74, 6) is 0.722. The van der Waals surface area contributed by atoms with Crippen molar-refractivity contribution in [1.29, 1.82) is 0 Å². The Bertz CT molecular complexity index is 929. The quantitative estimate of drug-likeness (QED) is 0.763. The van der Waals surface area contributed by atoms with Crippen LogP contribution in [-0.2, 0) is 14.8 Å². The first-order chi connectivity index (χ1) is 14.1. The molecule has 1 atom stereocenters. The number of anilines is 1. The Morgan fingerprint density at radius 3 is 2.34 bits per heavy atom. The molecule has 29 heavy (non-hydrogen) atoms. The molecule has 0 spiro atoms. The molecule has 0 aliphatic carbocycles. The number of carbonyl (C=O) groups excluding carboxylic acids is 1. The second kappa shape index (κ2) is 8.51. The van der Waals surface area contributed by atoms with Crippen molar-refractivity contribution in [2.24, 2.45) is 5.92 Å². The van der Waals surface area contributed by atoms with Gasteiger partial charge >= 0.3 is 0 Å². The number of aromatic nitrogens is 1. The number of nitrogens with zero attached hydrogens (tertiary/aromatic N) is 4. The predicted molar refractivity (Wildman–Crippen MR) is 111 cm³/mol. The van der Waals surface area contributed by atoms with Crippen LogP contribution in [0.2, 0.25) is 0 Å². The van der Waals surface area contributed by atoms with Crippen molar-refractivity contribution in [2.75, 3.05) is 44.2 Å². The average Bonchev–Trinajstić information content (AvgIpc) is 2.80. The van der Waals surface area contributed by atoms with E-state index in [2.05, 4.69) is 9.88 Å². The maximum Gasteiger partial charge on any atom is 0.243 e. The van der Waals surface area contributed by atoms with E-state index in [1.165, 1.54) is 4.31 Å². The van der Waals surface area contributed by atoms with Gasteiger partial charge in [-0.15, -0.1) is 0 Å². The lowest BCUT2D eigenvalue weighted by Crippen LogP contribution is -2.53. The summed E-state index contributed by atoms with van der Waals surface area (Å²) in [5.41, 5.74) is 0. The molecule has 0 unspecified atom stereocenters. The van der Waals surface area contributed by atoms with Crippen molar-refractivity contribution in [2.45, 2.75) is 17.7 Å². The van der Waals surface area contributed by atoms with E-state index in [9.17, 15) is 13.2 Å². The zero-order valence-corrected chi connectivity index (χ0v) is 17.2. The fourth-order valence-corrected chi connectivity index (χ4v) is 5.60. The van der Waals surface area contributed by atoms with Gasteiger partial charge in [0.2, 0.25) is 15.9 Å². The highest BCUT2D eigenvalue weighted by atomic mass is 32.2. The van der Waals surface area contributed by atoms with Crippen LogP contribution >= 0.6 is 0 Å². The van der Waals surface area contributed by atoms with Gasteiger partial charge in [0.05, 0.1) is 10.8 Å². The number of sulfonamides is 1. The summed E-state index contributed by atoms with van der Waals surface area (Å²) >= 11 is 0. The van der Waals surface area contributed by atoms with Crippen molar-refractivity contribution >= 4 is 21.7 Å². The van der Waals surface area contributed by atoms with E-state index in [1.807, 2.05) is 23.1 Å². The van der Waals surface area contributed by atoms with E-state index < -0.39 is 10.0 Å². The third-order valence-electron chi connectivity index (χ3n) is 5.68. The Morgan fingerprint density at radius 1 is 0.931 bits per heavy atom. The van der Waals surface area contributed by atoms with Gasteiger partial charge in [-0.05, 0) is 37.1 Å². The highest BCUT2D eigenvalue weighted by molar-refractivity contribution is 7.89. The molecule has 1 aromatic heterocycles. The highest BCUT2D eigenvalue weighted by Crippen LogP contribution is 2.25. The number of rotatable bonds is 4. The number of benzene rings is 1. The van der Waals surface area contributed by atoms with Crippen LogP contribution in [0, 0.1) is 5.92 Å². The first kappa shape index (κ1) is 19.8. The third kappa shape index (κ3) is 4.28. The van der Waals surface area contributed by atoms with Crippen molar-refractivity contribution in [3.63, 3.8) is 0 Å². The largest absolute Gasteiger partial charge is 0.353 e. The Hall–Kier alpha value is -2.45. The van der Waals surface area contributed by atoms with Gasteiger partial charge in [0.1, 0.15) is 5.82 Å². The van der Waals surface area contributed by atoms with Crippen LogP contribution < -0.4 is 4.90 Å². The first-order valence-corrected chi connectivity index (χ1v) is 11.5. The normalized spacial score (nSPS) is 21.2. The van der Waals surface area contributed by atoms with E-state index in [-0.39, 0.29) is 23.3 Å². The summed E-state index contributed by atoms with van der Waals surface area (Å²) < 4.78 is 27.3. The van der Waals surface area contributed by atoms with E-state index in [0.717, 1.165) is 25.3 Å². The van der Waals surface area contributed by atoms with E-state index in [1.54, 1.807) is 36.5 Å². The standard InChI is InChI=1S/C21H26N4O3S/c26-21(24-15-13-23(14-16-24)20-10-4-5-11-22-20)18-7-6-12-25(17-18)29(27,28)19-8-2-1-3-9-19/h1-5,8-11,18H,6-7,12-17H2/t18-/m1/s1. The molecule has 2 aromatic rings. The molecule has 2 saturated heterocycles. The molecule has 0 radical (unpaired) electrons. The molecule has 1 aromatic carbocycles. The van der Waals surface area contributed by atoms with Crippen LogP contribution in [0.25, 0.3) is 0 Å².